The molecule has 286 valence electrons. The van der Waals surface area contributed by atoms with Crippen LogP contribution < -0.4 is 0 Å². The predicted octanol–water partition coefficient (Wildman–Crippen LogP) is 12.4. The van der Waals surface area contributed by atoms with Crippen LogP contribution in [0.25, 0.3) is 0 Å². The summed E-state index contributed by atoms with van der Waals surface area (Å²) >= 11 is 0. The monoisotopic (exact) mass is 746 g/mol. The molecule has 2 fully saturated rings. The standard InChI is InChI=1S/C36H51S.C10H16O4S/c1-22(2)28-18-31(24(5)6)35(32(19-28)25(7)8)37(30-16-14-13-15-17-30)36-33(26(9)10)20-29(23(3)4)21-34(36)27(11)12;1-9(2)7-3-4-10(9,8(11)5-7)6-15(12,13)14/h13-27H,1-12H3;7H,3-6H2,1-2H3,(H,12,13,14)/q+1;/p-1. The maximum Gasteiger partial charge on any atom is 0.173 e. The van der Waals surface area contributed by atoms with Crippen molar-refractivity contribution in [2.75, 3.05) is 5.75 Å². The first-order valence-electron chi connectivity index (χ1n) is 19.7. The van der Waals surface area contributed by atoms with Crippen molar-refractivity contribution in [1.82, 2.24) is 0 Å². The number of Topliss-reactive ketones (excluding diaryl/α,β-unsaturated/α-hetero) is 1. The van der Waals surface area contributed by atoms with E-state index in [0.717, 1.165) is 6.42 Å². The molecule has 4 nitrogen and oxygen atoms in total. The van der Waals surface area contributed by atoms with E-state index < -0.39 is 21.3 Å². The number of benzene rings is 3. The summed E-state index contributed by atoms with van der Waals surface area (Å²) in [5.41, 5.74) is 7.82. The lowest BCUT2D eigenvalue weighted by Crippen LogP contribution is -2.42. The lowest BCUT2D eigenvalue weighted by atomic mass is 9.70. The van der Waals surface area contributed by atoms with Gasteiger partial charge in [0.1, 0.15) is 16.7 Å². The second-order valence-corrected chi connectivity index (χ2v) is 21.3. The molecule has 0 aliphatic heterocycles. The average Bonchev–Trinajstić information content (AvgIpc) is 3.38. The van der Waals surface area contributed by atoms with Crippen molar-refractivity contribution >= 4 is 26.8 Å². The van der Waals surface area contributed by atoms with Crippen molar-refractivity contribution in [2.24, 2.45) is 16.7 Å². The van der Waals surface area contributed by atoms with Gasteiger partial charge in [0.05, 0.1) is 15.9 Å². The maximum atomic E-state index is 11.8. The molecular weight excluding hydrogens is 681 g/mol. The van der Waals surface area contributed by atoms with Gasteiger partial charge in [-0.2, -0.15) is 0 Å². The second kappa shape index (κ2) is 16.1. The number of fused-ring (bicyclic) bond motifs is 2. The van der Waals surface area contributed by atoms with Gasteiger partial charge < -0.3 is 4.55 Å². The van der Waals surface area contributed by atoms with Crippen LogP contribution in [0, 0.1) is 16.7 Å². The van der Waals surface area contributed by atoms with Gasteiger partial charge in [0.25, 0.3) is 0 Å². The smallest absolute Gasteiger partial charge is 0.173 e. The zero-order chi connectivity index (χ0) is 39.1. The normalized spacial score (nSPS) is 20.0. The summed E-state index contributed by atoms with van der Waals surface area (Å²) in [5, 5.41) is 0. The summed E-state index contributed by atoms with van der Waals surface area (Å²) in [4.78, 5) is 16.4. The van der Waals surface area contributed by atoms with E-state index in [-0.39, 0.29) is 28.0 Å². The molecule has 2 aliphatic rings. The molecule has 0 radical (unpaired) electrons. The second-order valence-electron chi connectivity index (χ2n) is 18.0. The molecule has 2 atom stereocenters. The molecular formula is C46H66O4S2. The summed E-state index contributed by atoms with van der Waals surface area (Å²) in [6.07, 6.45) is 1.88. The van der Waals surface area contributed by atoms with Crippen molar-refractivity contribution < 1.29 is 17.8 Å². The maximum absolute atomic E-state index is 11.8. The fourth-order valence-electron chi connectivity index (χ4n) is 8.55. The van der Waals surface area contributed by atoms with Gasteiger partial charge in [-0.1, -0.05) is 139 Å². The number of carbonyl (C=O) groups excluding carboxylic acids is 1. The third-order valence-corrected chi connectivity index (χ3v) is 15.5. The van der Waals surface area contributed by atoms with Crippen molar-refractivity contribution in [3.8, 4) is 0 Å². The largest absolute Gasteiger partial charge is 0.748 e. The van der Waals surface area contributed by atoms with Gasteiger partial charge in [-0.3, -0.25) is 4.79 Å². The Kier molecular flexibility index (Phi) is 13.1. The molecule has 0 saturated heterocycles. The van der Waals surface area contributed by atoms with Gasteiger partial charge >= 0.3 is 0 Å². The van der Waals surface area contributed by atoms with Crippen LogP contribution in [0.15, 0.2) is 69.3 Å². The van der Waals surface area contributed by atoms with E-state index in [1.165, 1.54) is 38.3 Å². The molecule has 0 aromatic heterocycles. The fourth-order valence-corrected chi connectivity index (χ4v) is 13.1. The Hall–Kier alpha value is -2.41. The number of ketones is 1. The van der Waals surface area contributed by atoms with E-state index >= 15 is 0 Å². The number of hydrogen-bond donors (Lipinski definition) is 0. The highest BCUT2D eigenvalue weighted by Gasteiger charge is 2.64. The molecule has 0 amide bonds. The first-order chi connectivity index (χ1) is 24.0. The molecule has 2 aliphatic carbocycles. The van der Waals surface area contributed by atoms with Crippen LogP contribution in [-0.4, -0.2) is 24.5 Å². The van der Waals surface area contributed by atoms with Crippen LogP contribution in [0.5, 0.6) is 0 Å². The summed E-state index contributed by atoms with van der Waals surface area (Å²) in [6, 6.07) is 21.5. The Balaban J connectivity index is 0.000000334. The fraction of sp³-hybridized carbons (Fsp3) is 0.587. The van der Waals surface area contributed by atoms with Crippen LogP contribution >= 0.6 is 0 Å². The summed E-state index contributed by atoms with van der Waals surface area (Å²) in [5.74, 6) is 2.61. The van der Waals surface area contributed by atoms with E-state index in [1.54, 1.807) is 9.79 Å². The molecule has 0 heterocycles. The average molecular weight is 747 g/mol. The molecule has 2 unspecified atom stereocenters. The van der Waals surface area contributed by atoms with Gasteiger partial charge in [0.2, 0.25) is 0 Å². The Bertz CT molecular complexity index is 1700. The first kappa shape index (κ1) is 42.3. The van der Waals surface area contributed by atoms with Gasteiger partial charge in [-0.25, -0.2) is 8.42 Å². The Morgan fingerprint density at radius 3 is 1.33 bits per heavy atom. The van der Waals surface area contributed by atoms with Crippen LogP contribution in [0.3, 0.4) is 0 Å². The quantitative estimate of drug-likeness (QED) is 0.145. The zero-order valence-electron chi connectivity index (χ0n) is 34.5. The lowest BCUT2D eigenvalue weighted by Gasteiger charge is -2.37. The van der Waals surface area contributed by atoms with Crippen LogP contribution in [0.1, 0.15) is 185 Å². The number of carbonyl (C=O) groups is 1. The Morgan fingerprint density at radius 2 is 1.06 bits per heavy atom. The molecule has 2 saturated carbocycles. The molecule has 3 aromatic rings. The number of hydrogen-bond acceptors (Lipinski definition) is 4. The minimum absolute atomic E-state index is 0.0248. The lowest BCUT2D eigenvalue weighted by molar-refractivity contribution is -0.128. The minimum Gasteiger partial charge on any atom is -0.748 e. The van der Waals surface area contributed by atoms with Crippen molar-refractivity contribution in [1.29, 1.82) is 0 Å². The van der Waals surface area contributed by atoms with Crippen molar-refractivity contribution in [3.05, 3.63) is 88.0 Å². The third kappa shape index (κ3) is 8.45. The van der Waals surface area contributed by atoms with Gasteiger partial charge in [-0.15, -0.1) is 0 Å². The van der Waals surface area contributed by atoms with Crippen LogP contribution in [0.4, 0.5) is 0 Å². The molecule has 0 N–H and O–H groups in total. The van der Waals surface area contributed by atoms with Crippen molar-refractivity contribution in [3.63, 3.8) is 0 Å². The van der Waals surface area contributed by atoms with E-state index in [0.29, 0.717) is 48.3 Å². The molecule has 5 rings (SSSR count). The SMILES string of the molecule is CC(C)c1cc(C(C)C)c([S+](c2ccccc2)c2c(C(C)C)cc(C(C)C)cc2C(C)C)c(C(C)C)c1.CC1(C)C2CCC1(CS(=O)(=O)[O-])C(=O)C2. The summed E-state index contributed by atoms with van der Waals surface area (Å²) in [7, 11) is -4.51. The summed E-state index contributed by atoms with van der Waals surface area (Å²) in [6.45, 7) is 32.2. The topological polar surface area (TPSA) is 74.3 Å². The Labute approximate surface area is 320 Å². The predicted molar refractivity (Wildman–Crippen MR) is 219 cm³/mol. The molecule has 52 heavy (non-hydrogen) atoms. The molecule has 6 heteroatoms. The molecule has 2 bridgehead atoms. The summed E-state index contributed by atoms with van der Waals surface area (Å²) < 4.78 is 32.7. The van der Waals surface area contributed by atoms with Crippen LogP contribution in [-0.2, 0) is 25.8 Å². The highest BCUT2D eigenvalue weighted by Crippen LogP contribution is 2.64. The van der Waals surface area contributed by atoms with E-state index in [2.05, 4.69) is 138 Å². The Morgan fingerprint density at radius 1 is 0.673 bits per heavy atom. The van der Waals surface area contributed by atoms with Crippen molar-refractivity contribution in [2.45, 2.75) is 166 Å². The third-order valence-electron chi connectivity index (χ3n) is 12.1. The zero-order valence-corrected chi connectivity index (χ0v) is 36.1. The van der Waals surface area contributed by atoms with Gasteiger partial charge in [0, 0.05) is 34.1 Å². The van der Waals surface area contributed by atoms with Gasteiger partial charge in [0.15, 0.2) is 14.7 Å². The first-order valence-corrected chi connectivity index (χ1v) is 22.5. The van der Waals surface area contributed by atoms with E-state index in [9.17, 15) is 17.8 Å². The van der Waals surface area contributed by atoms with Crippen LogP contribution in [0.2, 0.25) is 0 Å². The highest BCUT2D eigenvalue weighted by molar-refractivity contribution is 7.97. The minimum atomic E-state index is -4.33. The van der Waals surface area contributed by atoms with E-state index in [1.807, 2.05) is 13.8 Å². The highest BCUT2D eigenvalue weighted by atomic mass is 32.2. The van der Waals surface area contributed by atoms with Gasteiger partial charge in [-0.05, 0) is 82.9 Å². The molecule has 0 spiro atoms. The molecule has 3 aromatic carbocycles. The van der Waals surface area contributed by atoms with E-state index in [4.69, 9.17) is 0 Å². The number of rotatable bonds is 11.